The van der Waals surface area contributed by atoms with Crippen LogP contribution in [0.1, 0.15) is 22.3 Å². The summed E-state index contributed by atoms with van der Waals surface area (Å²) in [6.07, 6.45) is 0. The molecule has 0 saturated carbocycles. The number of nitrogens with one attached hydrogen (secondary N) is 1. The number of aryl methyl sites for hydroxylation is 4. The smallest absolute Gasteiger partial charge is 0.262 e. The molecule has 2 aromatic carbocycles. The Morgan fingerprint density at radius 2 is 1.48 bits per heavy atom. The van der Waals surface area contributed by atoms with Crippen LogP contribution in [0.15, 0.2) is 35.2 Å². The maximum atomic E-state index is 13.1. The zero-order chi connectivity index (χ0) is 15.8. The van der Waals surface area contributed by atoms with Crippen LogP contribution in [0.2, 0.25) is 0 Å². The van der Waals surface area contributed by atoms with Crippen molar-refractivity contribution in [3.05, 3.63) is 58.4 Å². The van der Waals surface area contributed by atoms with Crippen LogP contribution in [-0.2, 0) is 10.0 Å². The Kier molecular flexibility index (Phi) is 4.05. The van der Waals surface area contributed by atoms with Crippen molar-refractivity contribution in [1.29, 1.82) is 0 Å². The summed E-state index contributed by atoms with van der Waals surface area (Å²) in [5.41, 5.74) is 3.33. The topological polar surface area (TPSA) is 46.2 Å². The lowest BCUT2D eigenvalue weighted by atomic mass is 10.1. The van der Waals surface area contributed by atoms with Crippen molar-refractivity contribution < 1.29 is 12.8 Å². The van der Waals surface area contributed by atoms with Gasteiger partial charge in [0.05, 0.1) is 10.6 Å². The van der Waals surface area contributed by atoms with Crippen molar-refractivity contribution in [2.75, 3.05) is 4.72 Å². The second-order valence-electron chi connectivity index (χ2n) is 5.29. The van der Waals surface area contributed by atoms with Crippen LogP contribution in [0.25, 0.3) is 0 Å². The van der Waals surface area contributed by atoms with Gasteiger partial charge in [-0.1, -0.05) is 17.7 Å². The first kappa shape index (κ1) is 15.5. The number of anilines is 1. The summed E-state index contributed by atoms with van der Waals surface area (Å²) in [6.45, 7) is 7.13. The van der Waals surface area contributed by atoms with Crippen molar-refractivity contribution in [2.24, 2.45) is 0 Å². The van der Waals surface area contributed by atoms with E-state index in [2.05, 4.69) is 4.72 Å². The number of halogens is 1. The van der Waals surface area contributed by atoms with Gasteiger partial charge < -0.3 is 0 Å². The standard InChI is InChI=1S/C16H18FNO2S/c1-10-7-12(3)16(13(4)8-10)21(19,20)18-15-6-5-14(17)9-11(15)2/h5-9,18H,1-4H3. The van der Waals surface area contributed by atoms with E-state index >= 15 is 0 Å². The maximum absolute atomic E-state index is 13.1. The Labute approximate surface area is 124 Å². The van der Waals surface area contributed by atoms with Gasteiger partial charge in [0.25, 0.3) is 10.0 Å². The van der Waals surface area contributed by atoms with Gasteiger partial charge in [0, 0.05) is 0 Å². The Morgan fingerprint density at radius 3 is 2.00 bits per heavy atom. The van der Waals surface area contributed by atoms with Crippen molar-refractivity contribution in [3.63, 3.8) is 0 Å². The zero-order valence-corrected chi connectivity index (χ0v) is 13.3. The van der Waals surface area contributed by atoms with Gasteiger partial charge in [-0.15, -0.1) is 0 Å². The Morgan fingerprint density at radius 1 is 0.905 bits per heavy atom. The summed E-state index contributed by atoms with van der Waals surface area (Å²) in [5.74, 6) is -0.391. The minimum absolute atomic E-state index is 0.275. The molecule has 5 heteroatoms. The summed E-state index contributed by atoms with van der Waals surface area (Å²) in [6, 6.07) is 7.63. The molecule has 0 heterocycles. The van der Waals surface area contributed by atoms with Crippen LogP contribution in [-0.4, -0.2) is 8.42 Å². The average Bonchev–Trinajstić information content (AvgIpc) is 2.30. The van der Waals surface area contributed by atoms with Gasteiger partial charge in [-0.05, 0) is 62.6 Å². The third kappa shape index (κ3) is 3.24. The highest BCUT2D eigenvalue weighted by Crippen LogP contribution is 2.25. The first-order valence-corrected chi connectivity index (χ1v) is 8.06. The molecule has 112 valence electrons. The summed E-state index contributed by atoms with van der Waals surface area (Å²) in [4.78, 5) is 0.275. The molecular weight excluding hydrogens is 289 g/mol. The predicted octanol–water partition coefficient (Wildman–Crippen LogP) is 3.86. The van der Waals surface area contributed by atoms with Crippen molar-refractivity contribution in [1.82, 2.24) is 0 Å². The zero-order valence-electron chi connectivity index (χ0n) is 12.5. The second-order valence-corrected chi connectivity index (χ2v) is 6.91. The minimum Gasteiger partial charge on any atom is -0.279 e. The van der Waals surface area contributed by atoms with Crippen LogP contribution >= 0.6 is 0 Å². The molecule has 2 aromatic rings. The summed E-state index contributed by atoms with van der Waals surface area (Å²) < 4.78 is 40.8. The first-order valence-electron chi connectivity index (χ1n) is 6.57. The molecule has 0 aromatic heterocycles. The second kappa shape index (κ2) is 5.48. The van der Waals surface area contributed by atoms with E-state index in [4.69, 9.17) is 0 Å². The van der Waals surface area contributed by atoms with E-state index in [1.54, 1.807) is 20.8 Å². The van der Waals surface area contributed by atoms with Gasteiger partial charge >= 0.3 is 0 Å². The third-order valence-electron chi connectivity index (χ3n) is 3.31. The molecule has 2 rings (SSSR count). The highest BCUT2D eigenvalue weighted by Gasteiger charge is 2.20. The fourth-order valence-corrected chi connectivity index (χ4v) is 4.11. The van der Waals surface area contributed by atoms with Crippen molar-refractivity contribution in [2.45, 2.75) is 32.6 Å². The number of benzene rings is 2. The van der Waals surface area contributed by atoms with E-state index in [1.165, 1.54) is 18.2 Å². The highest BCUT2D eigenvalue weighted by atomic mass is 32.2. The van der Waals surface area contributed by atoms with Crippen LogP contribution in [0.5, 0.6) is 0 Å². The van der Waals surface area contributed by atoms with Crippen LogP contribution in [0.4, 0.5) is 10.1 Å². The van der Waals surface area contributed by atoms with E-state index in [0.29, 0.717) is 22.4 Å². The van der Waals surface area contributed by atoms with Crippen LogP contribution < -0.4 is 4.72 Å². The molecule has 3 nitrogen and oxygen atoms in total. The molecule has 0 amide bonds. The fourth-order valence-electron chi connectivity index (χ4n) is 2.53. The largest absolute Gasteiger partial charge is 0.279 e. The van der Waals surface area contributed by atoms with Gasteiger partial charge in [0.15, 0.2) is 0 Å². The maximum Gasteiger partial charge on any atom is 0.262 e. The lowest BCUT2D eigenvalue weighted by Crippen LogP contribution is -2.16. The number of rotatable bonds is 3. The average molecular weight is 307 g/mol. The molecule has 1 N–H and O–H groups in total. The quantitative estimate of drug-likeness (QED) is 0.936. The Hall–Kier alpha value is -1.88. The fraction of sp³-hybridized carbons (Fsp3) is 0.250. The van der Waals surface area contributed by atoms with E-state index < -0.39 is 15.8 Å². The van der Waals surface area contributed by atoms with Crippen molar-refractivity contribution >= 4 is 15.7 Å². The van der Waals surface area contributed by atoms with E-state index in [9.17, 15) is 12.8 Å². The van der Waals surface area contributed by atoms with Crippen LogP contribution in [0.3, 0.4) is 0 Å². The lowest BCUT2D eigenvalue weighted by molar-refractivity contribution is 0.599. The first-order chi connectivity index (χ1) is 9.70. The highest BCUT2D eigenvalue weighted by molar-refractivity contribution is 7.92. The molecule has 0 aliphatic heterocycles. The van der Waals surface area contributed by atoms with E-state index in [1.807, 2.05) is 19.1 Å². The van der Waals surface area contributed by atoms with Crippen molar-refractivity contribution in [3.8, 4) is 0 Å². The summed E-state index contributed by atoms with van der Waals surface area (Å²) >= 11 is 0. The predicted molar refractivity (Wildman–Crippen MR) is 82.6 cm³/mol. The molecule has 0 aliphatic carbocycles. The van der Waals surface area contributed by atoms with Gasteiger partial charge in [0.2, 0.25) is 0 Å². The van der Waals surface area contributed by atoms with Crippen LogP contribution in [0, 0.1) is 33.5 Å². The molecule has 0 radical (unpaired) electrons. The minimum atomic E-state index is -3.70. The molecule has 0 spiro atoms. The van der Waals surface area contributed by atoms with Gasteiger partial charge in [-0.25, -0.2) is 12.8 Å². The molecule has 0 saturated heterocycles. The summed E-state index contributed by atoms with van der Waals surface area (Å²) in [7, 11) is -3.70. The van der Waals surface area contributed by atoms with Gasteiger partial charge in [0.1, 0.15) is 5.82 Å². The molecule has 0 unspecified atom stereocenters. The molecule has 0 bridgehead atoms. The number of hydrogen-bond acceptors (Lipinski definition) is 2. The molecule has 0 atom stereocenters. The SMILES string of the molecule is Cc1cc(C)c(S(=O)(=O)Nc2ccc(F)cc2C)c(C)c1. The molecule has 21 heavy (non-hydrogen) atoms. The lowest BCUT2D eigenvalue weighted by Gasteiger charge is -2.15. The molecule has 0 aliphatic rings. The van der Waals surface area contributed by atoms with E-state index in [0.717, 1.165) is 5.56 Å². The Balaban J connectivity index is 2.48. The van der Waals surface area contributed by atoms with Gasteiger partial charge in [-0.3, -0.25) is 4.72 Å². The Bertz CT molecular complexity index is 775. The van der Waals surface area contributed by atoms with Gasteiger partial charge in [-0.2, -0.15) is 0 Å². The molecular formula is C16H18FNO2S. The number of sulfonamides is 1. The normalized spacial score (nSPS) is 11.5. The molecule has 0 fully saturated rings. The van der Waals surface area contributed by atoms with E-state index in [-0.39, 0.29) is 4.90 Å². The monoisotopic (exact) mass is 307 g/mol. The summed E-state index contributed by atoms with van der Waals surface area (Å²) in [5, 5.41) is 0. The third-order valence-corrected chi connectivity index (χ3v) is 4.98. The number of hydrogen-bond donors (Lipinski definition) is 1.